The highest BCUT2D eigenvalue weighted by molar-refractivity contribution is 6.06. The summed E-state index contributed by atoms with van der Waals surface area (Å²) in [6.07, 6.45) is 2.50. The van der Waals surface area contributed by atoms with Gasteiger partial charge in [-0.15, -0.1) is 0 Å². The first-order valence-corrected chi connectivity index (χ1v) is 10.5. The van der Waals surface area contributed by atoms with Crippen LogP contribution in [-0.2, 0) is 17.9 Å². The molecule has 7 nitrogen and oxygen atoms in total. The molecule has 1 unspecified atom stereocenters. The molecule has 0 aliphatic carbocycles. The van der Waals surface area contributed by atoms with Gasteiger partial charge in [0.25, 0.3) is 5.91 Å². The van der Waals surface area contributed by atoms with Gasteiger partial charge < -0.3 is 16.4 Å². The Hall–Kier alpha value is -2.57. The van der Waals surface area contributed by atoms with Gasteiger partial charge in [-0.2, -0.15) is 0 Å². The van der Waals surface area contributed by atoms with Crippen molar-refractivity contribution in [3.63, 3.8) is 0 Å². The molecule has 0 bridgehead atoms. The van der Waals surface area contributed by atoms with Crippen LogP contribution in [0.1, 0.15) is 65.0 Å². The van der Waals surface area contributed by atoms with E-state index in [2.05, 4.69) is 43.3 Å². The summed E-state index contributed by atoms with van der Waals surface area (Å²) >= 11 is 0. The average Bonchev–Trinajstić information content (AvgIpc) is 2.87. The topological polar surface area (TPSA) is 99.8 Å². The van der Waals surface area contributed by atoms with Gasteiger partial charge in [0.05, 0.1) is 6.54 Å². The van der Waals surface area contributed by atoms with Gasteiger partial charge in [-0.1, -0.05) is 52.0 Å². The predicted molar refractivity (Wildman–Crippen MR) is 116 cm³/mol. The highest BCUT2D eigenvalue weighted by atomic mass is 16.2. The minimum atomic E-state index is -0.774. The molecule has 0 saturated heterocycles. The zero-order valence-electron chi connectivity index (χ0n) is 18.3. The van der Waals surface area contributed by atoms with Crippen molar-refractivity contribution >= 4 is 17.9 Å². The molecule has 1 aliphatic rings. The van der Waals surface area contributed by atoms with Gasteiger partial charge in [-0.3, -0.25) is 9.69 Å². The molecule has 0 spiro atoms. The summed E-state index contributed by atoms with van der Waals surface area (Å²) in [5.74, 6) is 0.587. The molecule has 1 atom stereocenters. The third kappa shape index (κ3) is 5.95. The third-order valence-corrected chi connectivity index (χ3v) is 5.29. The minimum absolute atomic E-state index is 0.0486. The molecule has 7 heteroatoms. The Morgan fingerprint density at radius 2 is 1.76 bits per heavy atom. The molecule has 2 rings (SSSR count). The van der Waals surface area contributed by atoms with E-state index in [1.807, 2.05) is 31.2 Å². The largest absolute Gasteiger partial charge is 0.369 e. The molecule has 1 aliphatic heterocycles. The van der Waals surface area contributed by atoms with Gasteiger partial charge >= 0.3 is 6.03 Å². The molecule has 160 valence electrons. The van der Waals surface area contributed by atoms with Crippen LogP contribution in [0.5, 0.6) is 0 Å². The lowest BCUT2D eigenvalue weighted by molar-refractivity contribution is -0.131. The number of aliphatic imine (C=N–C) groups is 1. The van der Waals surface area contributed by atoms with E-state index in [-0.39, 0.29) is 23.9 Å². The Labute approximate surface area is 174 Å². The van der Waals surface area contributed by atoms with Crippen molar-refractivity contribution in [2.24, 2.45) is 16.6 Å². The number of amides is 3. The number of hydrogen-bond acceptors (Lipinski definition) is 4. The van der Waals surface area contributed by atoms with Crippen LogP contribution in [-0.4, -0.2) is 34.4 Å². The number of hydrogen-bond donors (Lipinski definition) is 3. The number of carbonyl (C=O) groups excluding carboxylic acids is 2. The molecule has 0 saturated carbocycles. The second-order valence-corrected chi connectivity index (χ2v) is 8.39. The smallest absolute Gasteiger partial charge is 0.315 e. The maximum atomic E-state index is 12.8. The predicted octanol–water partition coefficient (Wildman–Crippen LogP) is 3.14. The van der Waals surface area contributed by atoms with Gasteiger partial charge in [-0.05, 0) is 43.2 Å². The first-order chi connectivity index (χ1) is 13.7. The van der Waals surface area contributed by atoms with Gasteiger partial charge in [0.2, 0.25) is 0 Å². The molecule has 3 amide bonds. The lowest BCUT2D eigenvalue weighted by Crippen LogP contribution is -2.43. The standard InChI is InChI=1S/C22H35N5O2/c1-6-18(7-2)25-21(29)24-13-16-8-10-17(11-9-16)14-27-19(28)22(5,12-15(3)4)26-20(27)23/h8-11,15,18H,6-7,12-14H2,1-5H3,(H2,23,26)(H2,24,25,29). The molecule has 1 aromatic rings. The Kier molecular flexibility index (Phi) is 7.65. The number of rotatable bonds is 9. The van der Waals surface area contributed by atoms with Crippen molar-refractivity contribution in [2.75, 3.05) is 0 Å². The van der Waals surface area contributed by atoms with Crippen LogP contribution >= 0.6 is 0 Å². The Balaban J connectivity index is 1.92. The van der Waals surface area contributed by atoms with E-state index in [4.69, 9.17) is 5.73 Å². The highest BCUT2D eigenvalue weighted by Gasteiger charge is 2.43. The molecule has 0 aromatic heterocycles. The van der Waals surface area contributed by atoms with E-state index in [1.54, 1.807) is 4.90 Å². The monoisotopic (exact) mass is 401 g/mol. The molecule has 0 fully saturated rings. The van der Waals surface area contributed by atoms with Crippen LogP contribution in [0.15, 0.2) is 29.3 Å². The minimum Gasteiger partial charge on any atom is -0.369 e. The number of nitrogens with two attached hydrogens (primary N) is 1. The number of nitrogens with one attached hydrogen (secondary N) is 2. The van der Waals surface area contributed by atoms with Crippen LogP contribution < -0.4 is 16.4 Å². The second kappa shape index (κ2) is 9.76. The van der Waals surface area contributed by atoms with Crippen molar-refractivity contribution in [1.29, 1.82) is 0 Å². The lowest BCUT2D eigenvalue weighted by Gasteiger charge is -2.23. The summed E-state index contributed by atoms with van der Waals surface area (Å²) in [4.78, 5) is 30.8. The molecular weight excluding hydrogens is 366 g/mol. The number of benzene rings is 1. The first kappa shape index (κ1) is 22.7. The van der Waals surface area contributed by atoms with Crippen LogP contribution in [0, 0.1) is 5.92 Å². The summed E-state index contributed by atoms with van der Waals surface area (Å²) < 4.78 is 0. The molecule has 4 N–H and O–H groups in total. The van der Waals surface area contributed by atoms with E-state index in [0.29, 0.717) is 25.4 Å². The molecular formula is C22H35N5O2. The van der Waals surface area contributed by atoms with Crippen LogP contribution in [0.3, 0.4) is 0 Å². The average molecular weight is 402 g/mol. The number of nitrogens with zero attached hydrogens (tertiary/aromatic N) is 2. The van der Waals surface area contributed by atoms with E-state index in [0.717, 1.165) is 24.0 Å². The maximum absolute atomic E-state index is 12.8. The fraction of sp³-hybridized carbons (Fsp3) is 0.591. The van der Waals surface area contributed by atoms with Crippen LogP contribution in [0.25, 0.3) is 0 Å². The fourth-order valence-electron chi connectivity index (χ4n) is 3.69. The van der Waals surface area contributed by atoms with Gasteiger partial charge in [0.15, 0.2) is 5.96 Å². The number of guanidine groups is 1. The van der Waals surface area contributed by atoms with Crippen molar-refractivity contribution in [3.8, 4) is 0 Å². The van der Waals surface area contributed by atoms with E-state index in [1.165, 1.54) is 0 Å². The summed E-state index contributed by atoms with van der Waals surface area (Å²) in [6.45, 7) is 11.0. The number of carbonyl (C=O) groups is 2. The maximum Gasteiger partial charge on any atom is 0.315 e. The first-order valence-electron chi connectivity index (χ1n) is 10.5. The van der Waals surface area contributed by atoms with Gasteiger partial charge in [0.1, 0.15) is 5.54 Å². The second-order valence-electron chi connectivity index (χ2n) is 8.39. The Morgan fingerprint density at radius 1 is 1.17 bits per heavy atom. The van der Waals surface area contributed by atoms with E-state index in [9.17, 15) is 9.59 Å². The van der Waals surface area contributed by atoms with E-state index < -0.39 is 5.54 Å². The normalized spacial score (nSPS) is 19.1. The van der Waals surface area contributed by atoms with Crippen LogP contribution in [0.4, 0.5) is 4.79 Å². The zero-order valence-corrected chi connectivity index (χ0v) is 18.3. The number of urea groups is 1. The van der Waals surface area contributed by atoms with Crippen molar-refractivity contribution in [1.82, 2.24) is 15.5 Å². The van der Waals surface area contributed by atoms with Crippen molar-refractivity contribution < 1.29 is 9.59 Å². The molecule has 1 aromatic carbocycles. The molecule has 1 heterocycles. The van der Waals surface area contributed by atoms with E-state index >= 15 is 0 Å². The summed E-state index contributed by atoms with van der Waals surface area (Å²) in [7, 11) is 0. The molecule has 0 radical (unpaired) electrons. The summed E-state index contributed by atoms with van der Waals surface area (Å²) in [5.41, 5.74) is 7.23. The zero-order chi connectivity index (χ0) is 21.6. The highest BCUT2D eigenvalue weighted by Crippen LogP contribution is 2.29. The SMILES string of the molecule is CCC(CC)NC(=O)NCc1ccc(CN2C(=O)C(C)(CC(C)C)N=C2N)cc1. The Bertz CT molecular complexity index is 740. The van der Waals surface area contributed by atoms with Crippen molar-refractivity contribution in [2.45, 2.75) is 78.6 Å². The Morgan fingerprint density at radius 3 is 2.31 bits per heavy atom. The fourth-order valence-corrected chi connectivity index (χ4v) is 3.69. The van der Waals surface area contributed by atoms with Crippen molar-refractivity contribution in [3.05, 3.63) is 35.4 Å². The van der Waals surface area contributed by atoms with Gasteiger partial charge in [0, 0.05) is 12.6 Å². The lowest BCUT2D eigenvalue weighted by atomic mass is 9.91. The van der Waals surface area contributed by atoms with Gasteiger partial charge in [-0.25, -0.2) is 9.79 Å². The molecule has 29 heavy (non-hydrogen) atoms. The third-order valence-electron chi connectivity index (χ3n) is 5.29. The quantitative estimate of drug-likeness (QED) is 0.593. The summed E-state index contributed by atoms with van der Waals surface area (Å²) in [5, 5.41) is 5.84. The van der Waals surface area contributed by atoms with Crippen LogP contribution in [0.2, 0.25) is 0 Å². The summed E-state index contributed by atoms with van der Waals surface area (Å²) in [6, 6.07) is 7.85.